The van der Waals surface area contributed by atoms with Gasteiger partial charge in [-0.3, -0.25) is 9.59 Å². The number of carbonyl (C=O) groups is 2. The molecule has 2 amide bonds. The number of rotatable bonds is 8. The van der Waals surface area contributed by atoms with Crippen molar-refractivity contribution in [2.24, 2.45) is 0 Å². The molecule has 148 valence electrons. The lowest BCUT2D eigenvalue weighted by molar-refractivity contribution is -0.121. The number of anilines is 1. The molecule has 1 aliphatic rings. The molecule has 0 aliphatic heterocycles. The van der Waals surface area contributed by atoms with Crippen LogP contribution in [-0.2, 0) is 21.5 Å². The Bertz CT molecular complexity index is 824. The van der Waals surface area contributed by atoms with Crippen LogP contribution in [0.15, 0.2) is 42.6 Å². The van der Waals surface area contributed by atoms with E-state index < -0.39 is 0 Å². The van der Waals surface area contributed by atoms with Gasteiger partial charge in [-0.15, -0.1) is 0 Å². The Labute approximate surface area is 167 Å². The number of hydrogen-bond donors (Lipinski definition) is 2. The lowest BCUT2D eigenvalue weighted by atomic mass is 9.97. The predicted molar refractivity (Wildman–Crippen MR) is 111 cm³/mol. The Morgan fingerprint density at radius 2 is 1.86 bits per heavy atom. The summed E-state index contributed by atoms with van der Waals surface area (Å²) in [6.07, 6.45) is 5.53. The van der Waals surface area contributed by atoms with Crippen molar-refractivity contribution in [1.82, 2.24) is 10.3 Å². The van der Waals surface area contributed by atoms with Crippen LogP contribution in [0.1, 0.15) is 69.1 Å². The van der Waals surface area contributed by atoms with Crippen molar-refractivity contribution in [1.29, 1.82) is 0 Å². The average Bonchev–Trinajstić information content (AvgIpc) is 3.43. The van der Waals surface area contributed by atoms with Crippen molar-refractivity contribution in [3.05, 3.63) is 59.3 Å². The molecule has 5 nitrogen and oxygen atoms in total. The first-order valence-corrected chi connectivity index (χ1v) is 9.95. The van der Waals surface area contributed by atoms with Gasteiger partial charge in [0.1, 0.15) is 5.82 Å². The second-order valence-electron chi connectivity index (χ2n) is 8.13. The SMILES string of the molecule is CC(=O)Nc1ccc(C(C)CCC(=O)NCc2ccc(C3(C)CC3)cc2)cn1. The number of amides is 2. The van der Waals surface area contributed by atoms with Crippen molar-refractivity contribution in [3.8, 4) is 0 Å². The highest BCUT2D eigenvalue weighted by atomic mass is 16.2. The largest absolute Gasteiger partial charge is 0.352 e. The third-order valence-corrected chi connectivity index (χ3v) is 5.60. The van der Waals surface area contributed by atoms with Gasteiger partial charge in [0.2, 0.25) is 11.8 Å². The zero-order chi connectivity index (χ0) is 20.1. The van der Waals surface area contributed by atoms with Crippen LogP contribution in [0.4, 0.5) is 5.82 Å². The first kappa shape index (κ1) is 20.1. The van der Waals surface area contributed by atoms with E-state index in [-0.39, 0.29) is 17.7 Å². The topological polar surface area (TPSA) is 71.1 Å². The van der Waals surface area contributed by atoms with Crippen molar-refractivity contribution in [2.45, 2.75) is 64.3 Å². The summed E-state index contributed by atoms with van der Waals surface area (Å²) in [6, 6.07) is 12.3. The molecule has 1 aromatic heterocycles. The fraction of sp³-hybridized carbons (Fsp3) is 0.435. The molecule has 2 N–H and O–H groups in total. The molecule has 5 heteroatoms. The molecule has 1 heterocycles. The Morgan fingerprint density at radius 3 is 2.43 bits per heavy atom. The third-order valence-electron chi connectivity index (χ3n) is 5.60. The number of benzene rings is 1. The van der Waals surface area contributed by atoms with Crippen molar-refractivity contribution < 1.29 is 9.59 Å². The second-order valence-corrected chi connectivity index (χ2v) is 8.13. The summed E-state index contributed by atoms with van der Waals surface area (Å²) in [6.45, 7) is 6.41. The number of nitrogens with zero attached hydrogens (tertiary/aromatic N) is 1. The standard InChI is InChI=1S/C23H29N3O2/c1-16(19-7-10-21(24-15-19)26-17(2)27)4-11-22(28)25-14-18-5-8-20(9-6-18)23(3)12-13-23/h5-10,15-16H,4,11-14H2,1-3H3,(H,25,28)(H,24,26,27). The monoisotopic (exact) mass is 379 g/mol. The Hall–Kier alpha value is -2.69. The van der Waals surface area contributed by atoms with E-state index in [0.29, 0.717) is 24.2 Å². The number of nitrogens with one attached hydrogen (secondary N) is 2. The third kappa shape index (κ3) is 5.41. The van der Waals surface area contributed by atoms with Crippen LogP contribution in [0.3, 0.4) is 0 Å². The highest BCUT2D eigenvalue weighted by Crippen LogP contribution is 2.47. The number of pyridine rings is 1. The normalized spacial score (nSPS) is 15.5. The van der Waals surface area contributed by atoms with E-state index in [4.69, 9.17) is 0 Å². The maximum absolute atomic E-state index is 12.2. The Balaban J connectivity index is 1.41. The molecule has 0 saturated heterocycles. The minimum Gasteiger partial charge on any atom is -0.352 e. The van der Waals surface area contributed by atoms with Crippen molar-refractivity contribution in [2.75, 3.05) is 5.32 Å². The van der Waals surface area contributed by atoms with Crippen molar-refractivity contribution in [3.63, 3.8) is 0 Å². The van der Waals surface area contributed by atoms with Crippen LogP contribution in [-0.4, -0.2) is 16.8 Å². The van der Waals surface area contributed by atoms with Crippen LogP contribution in [0.2, 0.25) is 0 Å². The summed E-state index contributed by atoms with van der Waals surface area (Å²) in [5.74, 6) is 0.695. The molecule has 0 spiro atoms. The predicted octanol–water partition coefficient (Wildman–Crippen LogP) is 4.29. The van der Waals surface area contributed by atoms with Gasteiger partial charge in [0.05, 0.1) is 0 Å². The first-order valence-electron chi connectivity index (χ1n) is 9.95. The molecule has 0 bridgehead atoms. The minimum absolute atomic E-state index is 0.0629. The molecule has 1 fully saturated rings. The molecule has 2 aromatic rings. The molecule has 1 unspecified atom stereocenters. The summed E-state index contributed by atoms with van der Waals surface area (Å²) in [4.78, 5) is 27.5. The van der Waals surface area contributed by atoms with E-state index in [0.717, 1.165) is 17.5 Å². The van der Waals surface area contributed by atoms with Gasteiger partial charge in [-0.2, -0.15) is 0 Å². The fourth-order valence-corrected chi connectivity index (χ4v) is 3.26. The summed E-state index contributed by atoms with van der Waals surface area (Å²) >= 11 is 0. The van der Waals surface area contributed by atoms with Gasteiger partial charge >= 0.3 is 0 Å². The number of hydrogen-bond acceptors (Lipinski definition) is 3. The minimum atomic E-state index is -0.138. The zero-order valence-electron chi connectivity index (χ0n) is 16.9. The van der Waals surface area contributed by atoms with Crippen molar-refractivity contribution >= 4 is 17.6 Å². The first-order chi connectivity index (χ1) is 13.4. The van der Waals surface area contributed by atoms with Gasteiger partial charge in [-0.1, -0.05) is 44.2 Å². The van der Waals surface area contributed by atoms with Gasteiger partial charge in [-0.25, -0.2) is 4.98 Å². The van der Waals surface area contributed by atoms with Crippen LogP contribution >= 0.6 is 0 Å². The highest BCUT2D eigenvalue weighted by molar-refractivity contribution is 5.87. The number of aromatic nitrogens is 1. The van der Waals surface area contributed by atoms with Crippen LogP contribution in [0.5, 0.6) is 0 Å². The quantitative estimate of drug-likeness (QED) is 0.719. The van der Waals surface area contributed by atoms with Gasteiger partial charge < -0.3 is 10.6 Å². The summed E-state index contributed by atoms with van der Waals surface area (Å²) in [5, 5.41) is 5.66. The van der Waals surface area contributed by atoms with E-state index in [9.17, 15) is 9.59 Å². The van der Waals surface area contributed by atoms with Crippen LogP contribution < -0.4 is 10.6 Å². The Kier molecular flexibility index (Phi) is 6.12. The van der Waals surface area contributed by atoms with E-state index in [1.807, 2.05) is 6.07 Å². The molecule has 1 atom stereocenters. The summed E-state index contributed by atoms with van der Waals surface area (Å²) < 4.78 is 0. The molecule has 1 aromatic carbocycles. The maximum Gasteiger partial charge on any atom is 0.222 e. The zero-order valence-corrected chi connectivity index (χ0v) is 16.9. The molecule has 0 radical (unpaired) electrons. The van der Waals surface area contributed by atoms with E-state index >= 15 is 0 Å². The van der Waals surface area contributed by atoms with E-state index in [1.165, 1.54) is 25.3 Å². The highest BCUT2D eigenvalue weighted by Gasteiger charge is 2.38. The van der Waals surface area contributed by atoms with Gasteiger partial charge in [0.25, 0.3) is 0 Å². The van der Waals surface area contributed by atoms with Crippen LogP contribution in [0.25, 0.3) is 0 Å². The lowest BCUT2D eigenvalue weighted by Crippen LogP contribution is -2.22. The summed E-state index contributed by atoms with van der Waals surface area (Å²) in [5.41, 5.74) is 3.97. The molecule has 28 heavy (non-hydrogen) atoms. The average molecular weight is 380 g/mol. The van der Waals surface area contributed by atoms with E-state index in [2.05, 4.69) is 53.7 Å². The maximum atomic E-state index is 12.2. The number of carbonyl (C=O) groups excluding carboxylic acids is 2. The Morgan fingerprint density at radius 1 is 1.14 bits per heavy atom. The van der Waals surface area contributed by atoms with Gasteiger partial charge in [0, 0.05) is 26.1 Å². The lowest BCUT2D eigenvalue weighted by Gasteiger charge is -2.13. The van der Waals surface area contributed by atoms with Gasteiger partial charge in [0.15, 0.2) is 0 Å². The molecule has 1 saturated carbocycles. The molecular formula is C23H29N3O2. The van der Waals surface area contributed by atoms with E-state index in [1.54, 1.807) is 12.3 Å². The van der Waals surface area contributed by atoms with Crippen LogP contribution in [0, 0.1) is 0 Å². The van der Waals surface area contributed by atoms with Gasteiger partial charge in [-0.05, 0) is 53.4 Å². The second kappa shape index (κ2) is 8.55. The molecule has 3 rings (SSSR count). The smallest absolute Gasteiger partial charge is 0.222 e. The summed E-state index contributed by atoms with van der Waals surface area (Å²) in [7, 11) is 0. The fourth-order valence-electron chi connectivity index (χ4n) is 3.26. The molecular weight excluding hydrogens is 350 g/mol. The molecule has 1 aliphatic carbocycles.